The molecule has 0 atom stereocenters. The Morgan fingerprint density at radius 2 is 2.22 bits per heavy atom. The minimum Gasteiger partial charge on any atom is -0.391 e. The van der Waals surface area contributed by atoms with E-state index in [1.165, 1.54) is 0 Å². The second kappa shape index (κ2) is 3.96. The van der Waals surface area contributed by atoms with Gasteiger partial charge in [0.15, 0.2) is 0 Å². The molecule has 0 aliphatic rings. The van der Waals surface area contributed by atoms with Gasteiger partial charge in [-0.15, -0.1) is 0 Å². The van der Waals surface area contributed by atoms with Gasteiger partial charge in [0, 0.05) is 18.2 Å². The van der Waals surface area contributed by atoms with Gasteiger partial charge in [0.25, 0.3) is 0 Å². The van der Waals surface area contributed by atoms with Gasteiger partial charge in [-0.1, -0.05) is 11.2 Å². The molecule has 0 aliphatic heterocycles. The molecule has 0 saturated heterocycles. The summed E-state index contributed by atoms with van der Waals surface area (Å²) >= 11 is 0. The standard InChI is InChI=1S/C13H13N3O2/c1-8-10(6-17)13(15-18-8)9-3-4-12-11(5-9)14-7-16(12)2/h3-5,7,17H,6H2,1-2H3. The van der Waals surface area contributed by atoms with Crippen molar-refractivity contribution in [1.82, 2.24) is 14.7 Å². The molecular formula is C13H13N3O2. The summed E-state index contributed by atoms with van der Waals surface area (Å²) in [5, 5.41) is 13.3. The first-order valence-electron chi connectivity index (χ1n) is 5.68. The zero-order valence-corrected chi connectivity index (χ0v) is 10.2. The highest BCUT2D eigenvalue weighted by molar-refractivity contribution is 5.81. The number of benzene rings is 1. The summed E-state index contributed by atoms with van der Waals surface area (Å²) in [4.78, 5) is 4.31. The zero-order chi connectivity index (χ0) is 12.7. The van der Waals surface area contributed by atoms with Crippen LogP contribution >= 0.6 is 0 Å². The highest BCUT2D eigenvalue weighted by atomic mass is 16.5. The third-order valence-electron chi connectivity index (χ3n) is 3.14. The Labute approximate surface area is 104 Å². The average molecular weight is 243 g/mol. The summed E-state index contributed by atoms with van der Waals surface area (Å²) in [6, 6.07) is 5.90. The second-order valence-electron chi connectivity index (χ2n) is 4.28. The Morgan fingerprint density at radius 1 is 1.39 bits per heavy atom. The lowest BCUT2D eigenvalue weighted by Crippen LogP contribution is -1.89. The number of hydrogen-bond donors (Lipinski definition) is 1. The summed E-state index contributed by atoms with van der Waals surface area (Å²) in [6.07, 6.45) is 1.77. The van der Waals surface area contributed by atoms with Crippen LogP contribution in [0.3, 0.4) is 0 Å². The van der Waals surface area contributed by atoms with Gasteiger partial charge in [-0.25, -0.2) is 4.98 Å². The van der Waals surface area contributed by atoms with E-state index in [1.54, 1.807) is 13.3 Å². The molecule has 0 aliphatic carbocycles. The Kier molecular flexibility index (Phi) is 2.41. The quantitative estimate of drug-likeness (QED) is 0.748. The molecule has 5 heteroatoms. The third-order valence-corrected chi connectivity index (χ3v) is 3.14. The van der Waals surface area contributed by atoms with E-state index >= 15 is 0 Å². The molecule has 0 spiro atoms. The Balaban J connectivity index is 2.19. The van der Waals surface area contributed by atoms with Crippen molar-refractivity contribution in [2.45, 2.75) is 13.5 Å². The van der Waals surface area contributed by atoms with Gasteiger partial charge >= 0.3 is 0 Å². The minimum atomic E-state index is -0.0785. The first-order chi connectivity index (χ1) is 8.70. The number of nitrogens with zero attached hydrogens (tertiary/aromatic N) is 3. The van der Waals surface area contributed by atoms with Crippen LogP contribution in [0.5, 0.6) is 0 Å². The molecule has 0 fully saturated rings. The number of aromatic nitrogens is 3. The van der Waals surface area contributed by atoms with E-state index in [2.05, 4.69) is 10.1 Å². The summed E-state index contributed by atoms with van der Waals surface area (Å²) in [5.41, 5.74) is 4.28. The molecule has 0 amide bonds. The monoisotopic (exact) mass is 243 g/mol. The fraction of sp³-hybridized carbons (Fsp3) is 0.231. The van der Waals surface area contributed by atoms with Crippen LogP contribution in [0.2, 0.25) is 0 Å². The molecule has 92 valence electrons. The van der Waals surface area contributed by atoms with Crippen molar-refractivity contribution in [1.29, 1.82) is 0 Å². The number of imidazole rings is 1. The van der Waals surface area contributed by atoms with Gasteiger partial charge < -0.3 is 14.2 Å². The van der Waals surface area contributed by atoms with Crippen LogP contribution in [0.1, 0.15) is 11.3 Å². The summed E-state index contributed by atoms with van der Waals surface area (Å²) in [6.45, 7) is 1.71. The number of fused-ring (bicyclic) bond motifs is 1. The van der Waals surface area contributed by atoms with Crippen LogP contribution in [0.25, 0.3) is 22.3 Å². The maximum atomic E-state index is 9.35. The van der Waals surface area contributed by atoms with Crippen LogP contribution in [0.15, 0.2) is 29.0 Å². The van der Waals surface area contributed by atoms with Gasteiger partial charge in [-0.3, -0.25) is 0 Å². The van der Waals surface area contributed by atoms with E-state index in [4.69, 9.17) is 4.52 Å². The topological polar surface area (TPSA) is 64.1 Å². The molecular weight excluding hydrogens is 230 g/mol. The van der Waals surface area contributed by atoms with Crippen LogP contribution in [0, 0.1) is 6.92 Å². The molecule has 1 N–H and O–H groups in total. The third kappa shape index (κ3) is 1.52. The lowest BCUT2D eigenvalue weighted by Gasteiger charge is -2.00. The van der Waals surface area contributed by atoms with Crippen molar-refractivity contribution in [2.75, 3.05) is 0 Å². The summed E-state index contributed by atoms with van der Waals surface area (Å²) < 4.78 is 7.08. The predicted molar refractivity (Wildman–Crippen MR) is 66.9 cm³/mol. The number of hydrogen-bond acceptors (Lipinski definition) is 4. The highest BCUT2D eigenvalue weighted by Gasteiger charge is 2.14. The molecule has 3 aromatic rings. The Morgan fingerprint density at radius 3 is 3.00 bits per heavy atom. The lowest BCUT2D eigenvalue weighted by molar-refractivity contribution is 0.278. The van der Waals surface area contributed by atoms with E-state index < -0.39 is 0 Å². The van der Waals surface area contributed by atoms with E-state index in [0.717, 1.165) is 22.2 Å². The fourth-order valence-corrected chi connectivity index (χ4v) is 2.09. The molecule has 2 aromatic heterocycles. The van der Waals surface area contributed by atoms with E-state index in [1.807, 2.05) is 29.8 Å². The predicted octanol–water partition coefficient (Wildman–Crippen LogP) is 2.03. The van der Waals surface area contributed by atoms with Crippen molar-refractivity contribution >= 4 is 11.0 Å². The zero-order valence-electron chi connectivity index (χ0n) is 10.2. The van der Waals surface area contributed by atoms with Crippen molar-refractivity contribution in [3.63, 3.8) is 0 Å². The Bertz CT molecular complexity index is 712. The van der Waals surface area contributed by atoms with Crippen LogP contribution in [-0.4, -0.2) is 19.8 Å². The largest absolute Gasteiger partial charge is 0.391 e. The normalized spacial score (nSPS) is 11.3. The average Bonchev–Trinajstić information content (AvgIpc) is 2.93. The lowest BCUT2D eigenvalue weighted by atomic mass is 10.1. The molecule has 0 bridgehead atoms. The highest BCUT2D eigenvalue weighted by Crippen LogP contribution is 2.27. The van der Waals surface area contributed by atoms with Crippen LogP contribution in [-0.2, 0) is 13.7 Å². The molecule has 2 heterocycles. The number of aliphatic hydroxyl groups is 1. The molecule has 0 unspecified atom stereocenters. The van der Waals surface area contributed by atoms with Gasteiger partial charge in [-0.2, -0.15) is 0 Å². The maximum absolute atomic E-state index is 9.35. The van der Waals surface area contributed by atoms with Crippen molar-refractivity contribution in [3.8, 4) is 11.3 Å². The van der Waals surface area contributed by atoms with E-state index in [-0.39, 0.29) is 6.61 Å². The van der Waals surface area contributed by atoms with Crippen molar-refractivity contribution in [3.05, 3.63) is 35.9 Å². The number of aryl methyl sites for hydroxylation is 2. The van der Waals surface area contributed by atoms with Gasteiger partial charge in [0.1, 0.15) is 11.5 Å². The van der Waals surface area contributed by atoms with Crippen LogP contribution in [0.4, 0.5) is 0 Å². The minimum absolute atomic E-state index is 0.0785. The van der Waals surface area contributed by atoms with Gasteiger partial charge in [0.2, 0.25) is 0 Å². The maximum Gasteiger partial charge on any atom is 0.139 e. The van der Waals surface area contributed by atoms with Crippen LogP contribution < -0.4 is 0 Å². The number of rotatable bonds is 2. The fourth-order valence-electron chi connectivity index (χ4n) is 2.09. The van der Waals surface area contributed by atoms with E-state index in [0.29, 0.717) is 11.5 Å². The molecule has 1 aromatic carbocycles. The molecule has 0 radical (unpaired) electrons. The van der Waals surface area contributed by atoms with Crippen molar-refractivity contribution < 1.29 is 9.63 Å². The second-order valence-corrected chi connectivity index (χ2v) is 4.28. The van der Waals surface area contributed by atoms with E-state index in [9.17, 15) is 5.11 Å². The summed E-state index contributed by atoms with van der Waals surface area (Å²) in [7, 11) is 1.95. The summed E-state index contributed by atoms with van der Waals surface area (Å²) in [5.74, 6) is 0.647. The van der Waals surface area contributed by atoms with Gasteiger partial charge in [0.05, 0.1) is 24.0 Å². The smallest absolute Gasteiger partial charge is 0.139 e. The Hall–Kier alpha value is -2.14. The molecule has 0 saturated carbocycles. The first-order valence-corrected chi connectivity index (χ1v) is 5.68. The van der Waals surface area contributed by atoms with Crippen molar-refractivity contribution in [2.24, 2.45) is 7.05 Å². The number of aliphatic hydroxyl groups excluding tert-OH is 1. The molecule has 3 rings (SSSR count). The molecule has 5 nitrogen and oxygen atoms in total. The molecule has 18 heavy (non-hydrogen) atoms. The SMILES string of the molecule is Cc1onc(-c2ccc3c(c2)ncn3C)c1CO. The first kappa shape index (κ1) is 11.0. The van der Waals surface area contributed by atoms with Gasteiger partial charge in [-0.05, 0) is 19.1 Å².